The van der Waals surface area contributed by atoms with E-state index in [1.165, 1.54) is 10.6 Å². The van der Waals surface area contributed by atoms with Gasteiger partial charge in [-0.15, -0.1) is 11.3 Å². The molecule has 1 aromatic carbocycles. The lowest BCUT2D eigenvalue weighted by molar-refractivity contribution is 0.0662. The van der Waals surface area contributed by atoms with Gasteiger partial charge in [-0.2, -0.15) is 0 Å². The number of hydrogen-bond donors (Lipinski definition) is 1. The van der Waals surface area contributed by atoms with Crippen molar-refractivity contribution in [3.8, 4) is 5.75 Å². The number of para-hydroxylation sites is 1. The molecule has 0 aliphatic carbocycles. The second-order valence-electron chi connectivity index (χ2n) is 5.79. The van der Waals surface area contributed by atoms with Gasteiger partial charge in [0.15, 0.2) is 0 Å². The van der Waals surface area contributed by atoms with Gasteiger partial charge in [0.1, 0.15) is 11.4 Å². The monoisotopic (exact) mass is 288 g/mol. The highest BCUT2D eigenvalue weighted by atomic mass is 32.1. The van der Waals surface area contributed by atoms with Crippen LogP contribution in [-0.2, 0) is 6.42 Å². The van der Waals surface area contributed by atoms with Crippen LogP contribution in [0.4, 0.5) is 0 Å². The molecule has 1 aliphatic rings. The first-order chi connectivity index (χ1) is 9.64. The molecule has 1 aliphatic heterocycles. The van der Waals surface area contributed by atoms with Crippen LogP contribution < -0.4 is 10.1 Å². The first-order valence-corrected chi connectivity index (χ1v) is 7.92. The maximum Gasteiger partial charge on any atom is 0.124 e. The van der Waals surface area contributed by atoms with Crippen LogP contribution >= 0.6 is 11.3 Å². The number of hydrogen-bond acceptors (Lipinski definition) is 4. The van der Waals surface area contributed by atoms with Gasteiger partial charge in [-0.1, -0.05) is 18.2 Å². The van der Waals surface area contributed by atoms with Crippen molar-refractivity contribution in [1.29, 1.82) is 0 Å². The van der Waals surface area contributed by atoms with Gasteiger partial charge >= 0.3 is 0 Å². The van der Waals surface area contributed by atoms with Crippen LogP contribution in [0.3, 0.4) is 0 Å². The average Bonchev–Trinajstić information content (AvgIpc) is 2.90. The molecule has 0 spiro atoms. The normalized spacial score (nSPS) is 20.2. The van der Waals surface area contributed by atoms with Gasteiger partial charge in [-0.05, 0) is 19.9 Å². The Morgan fingerprint density at radius 3 is 3.05 bits per heavy atom. The third-order valence-corrected chi connectivity index (χ3v) is 4.43. The summed E-state index contributed by atoms with van der Waals surface area (Å²) < 4.78 is 6.05. The number of rotatable bonds is 4. The van der Waals surface area contributed by atoms with Crippen molar-refractivity contribution in [2.45, 2.75) is 38.3 Å². The standard InChI is InChI=1S/C16H20N2OS/c1-16(2)11-13(12-5-3-4-6-14(12)19-16)17-8-7-15-18-9-10-20-15/h3-6,9-10,13,17H,7-8,11H2,1-2H3. The first kappa shape index (κ1) is 13.6. The predicted octanol–water partition coefficient (Wildman–Crippen LogP) is 3.58. The van der Waals surface area contributed by atoms with Gasteiger partial charge in [0.25, 0.3) is 0 Å². The minimum absolute atomic E-state index is 0.118. The van der Waals surface area contributed by atoms with Crippen molar-refractivity contribution < 1.29 is 4.74 Å². The van der Waals surface area contributed by atoms with E-state index in [9.17, 15) is 0 Å². The topological polar surface area (TPSA) is 34.2 Å². The molecule has 2 heterocycles. The zero-order chi connectivity index (χ0) is 14.0. The number of ether oxygens (including phenoxy) is 1. The number of benzene rings is 1. The van der Waals surface area contributed by atoms with Crippen molar-refractivity contribution in [3.05, 3.63) is 46.4 Å². The molecule has 0 saturated carbocycles. The smallest absolute Gasteiger partial charge is 0.124 e. The quantitative estimate of drug-likeness (QED) is 0.933. The lowest BCUT2D eigenvalue weighted by atomic mass is 9.89. The van der Waals surface area contributed by atoms with Crippen LogP contribution in [0.1, 0.15) is 36.9 Å². The molecule has 0 amide bonds. The number of nitrogens with one attached hydrogen (secondary N) is 1. The molecule has 1 atom stereocenters. The van der Waals surface area contributed by atoms with Crippen molar-refractivity contribution in [3.63, 3.8) is 0 Å². The van der Waals surface area contributed by atoms with Crippen molar-refractivity contribution in [1.82, 2.24) is 10.3 Å². The Bertz CT molecular complexity index is 566. The number of fused-ring (bicyclic) bond motifs is 1. The van der Waals surface area contributed by atoms with E-state index < -0.39 is 0 Å². The summed E-state index contributed by atoms with van der Waals surface area (Å²) in [5.41, 5.74) is 1.15. The molecule has 2 aromatic rings. The van der Waals surface area contributed by atoms with Crippen LogP contribution in [0.2, 0.25) is 0 Å². The molecule has 0 fully saturated rings. The summed E-state index contributed by atoms with van der Waals surface area (Å²) >= 11 is 1.72. The van der Waals surface area contributed by atoms with E-state index in [1.807, 2.05) is 17.6 Å². The SMILES string of the molecule is CC1(C)CC(NCCc2nccs2)c2ccccc2O1. The maximum absolute atomic E-state index is 6.05. The molecule has 106 valence electrons. The molecule has 0 radical (unpaired) electrons. The molecule has 0 bridgehead atoms. The fourth-order valence-electron chi connectivity index (χ4n) is 2.71. The molecule has 1 N–H and O–H groups in total. The van der Waals surface area contributed by atoms with E-state index in [2.05, 4.69) is 42.3 Å². The largest absolute Gasteiger partial charge is 0.487 e. The Morgan fingerprint density at radius 1 is 1.40 bits per heavy atom. The highest BCUT2D eigenvalue weighted by Gasteiger charge is 2.32. The van der Waals surface area contributed by atoms with E-state index in [0.29, 0.717) is 6.04 Å². The van der Waals surface area contributed by atoms with E-state index in [4.69, 9.17) is 4.74 Å². The Balaban J connectivity index is 1.69. The summed E-state index contributed by atoms with van der Waals surface area (Å²) in [5.74, 6) is 1.01. The van der Waals surface area contributed by atoms with Crippen LogP contribution in [0.25, 0.3) is 0 Å². The van der Waals surface area contributed by atoms with Crippen LogP contribution in [0, 0.1) is 0 Å². The highest BCUT2D eigenvalue weighted by molar-refractivity contribution is 7.09. The molecule has 1 aromatic heterocycles. The fourth-order valence-corrected chi connectivity index (χ4v) is 3.33. The lowest BCUT2D eigenvalue weighted by Crippen LogP contribution is -2.39. The Hall–Kier alpha value is -1.39. The minimum Gasteiger partial charge on any atom is -0.487 e. The number of aromatic nitrogens is 1. The molecular formula is C16H20N2OS. The lowest BCUT2D eigenvalue weighted by Gasteiger charge is -2.38. The second-order valence-corrected chi connectivity index (χ2v) is 6.77. The van der Waals surface area contributed by atoms with Gasteiger partial charge in [0.05, 0.1) is 5.01 Å². The van der Waals surface area contributed by atoms with Gasteiger partial charge in [-0.25, -0.2) is 4.98 Å². The first-order valence-electron chi connectivity index (χ1n) is 7.04. The van der Waals surface area contributed by atoms with Crippen LogP contribution in [0.5, 0.6) is 5.75 Å². The van der Waals surface area contributed by atoms with Gasteiger partial charge < -0.3 is 10.1 Å². The summed E-state index contributed by atoms with van der Waals surface area (Å²) in [6, 6.07) is 8.69. The summed E-state index contributed by atoms with van der Waals surface area (Å²) in [7, 11) is 0. The zero-order valence-corrected chi connectivity index (χ0v) is 12.7. The van der Waals surface area contributed by atoms with Gasteiger partial charge in [0, 0.05) is 42.6 Å². The van der Waals surface area contributed by atoms with Gasteiger partial charge in [0.2, 0.25) is 0 Å². The van der Waals surface area contributed by atoms with Crippen LogP contribution in [-0.4, -0.2) is 17.1 Å². The Kier molecular flexibility index (Phi) is 3.76. The third-order valence-electron chi connectivity index (χ3n) is 3.59. The summed E-state index contributed by atoms with van der Waals surface area (Å²) in [5, 5.41) is 6.88. The molecule has 0 saturated heterocycles. The summed E-state index contributed by atoms with van der Waals surface area (Å²) in [4.78, 5) is 4.33. The molecule has 4 heteroatoms. The van der Waals surface area contributed by atoms with Crippen molar-refractivity contribution in [2.24, 2.45) is 0 Å². The zero-order valence-electron chi connectivity index (χ0n) is 11.9. The Morgan fingerprint density at radius 2 is 2.25 bits per heavy atom. The van der Waals surface area contributed by atoms with E-state index in [1.54, 1.807) is 11.3 Å². The predicted molar refractivity (Wildman–Crippen MR) is 82.3 cm³/mol. The van der Waals surface area contributed by atoms with Crippen molar-refractivity contribution in [2.75, 3.05) is 6.54 Å². The summed E-state index contributed by atoms with van der Waals surface area (Å²) in [6.45, 7) is 5.25. The number of nitrogens with zero attached hydrogens (tertiary/aromatic N) is 1. The number of thiazole rings is 1. The summed E-state index contributed by atoms with van der Waals surface area (Å²) in [6.07, 6.45) is 3.84. The molecule has 3 rings (SSSR count). The molecule has 1 unspecified atom stereocenters. The fraction of sp³-hybridized carbons (Fsp3) is 0.438. The second kappa shape index (κ2) is 5.54. The minimum atomic E-state index is -0.118. The van der Waals surface area contributed by atoms with E-state index >= 15 is 0 Å². The van der Waals surface area contributed by atoms with E-state index in [0.717, 1.165) is 25.1 Å². The molecule has 3 nitrogen and oxygen atoms in total. The molecular weight excluding hydrogens is 268 g/mol. The average molecular weight is 288 g/mol. The molecule has 20 heavy (non-hydrogen) atoms. The van der Waals surface area contributed by atoms with Crippen molar-refractivity contribution >= 4 is 11.3 Å². The van der Waals surface area contributed by atoms with Gasteiger partial charge in [-0.3, -0.25) is 0 Å². The van der Waals surface area contributed by atoms with E-state index in [-0.39, 0.29) is 5.60 Å². The third kappa shape index (κ3) is 3.02. The highest BCUT2D eigenvalue weighted by Crippen LogP contribution is 2.39. The van der Waals surface area contributed by atoms with Crippen LogP contribution in [0.15, 0.2) is 35.8 Å². The Labute approximate surface area is 124 Å². The maximum atomic E-state index is 6.05.